The number of hydrogen-bond acceptors (Lipinski definition) is 3. The maximum atomic E-state index is 8.40. The molecule has 0 amide bonds. The van der Waals surface area contributed by atoms with Gasteiger partial charge in [-0.15, -0.1) is 11.3 Å². The molecule has 4 heteroatoms. The molecule has 0 aromatic carbocycles. The van der Waals surface area contributed by atoms with Gasteiger partial charge < -0.3 is 4.90 Å². The molecule has 0 spiro atoms. The molecule has 0 aliphatic rings. The lowest BCUT2D eigenvalue weighted by Crippen LogP contribution is -2.18. The third-order valence-electron chi connectivity index (χ3n) is 1.68. The van der Waals surface area contributed by atoms with E-state index in [0.717, 1.165) is 16.9 Å². The van der Waals surface area contributed by atoms with Crippen molar-refractivity contribution in [2.24, 2.45) is 0 Å². The second-order valence-corrected chi connectivity index (χ2v) is 5.20. The summed E-state index contributed by atoms with van der Waals surface area (Å²) in [6, 6.07) is 4.26. The van der Waals surface area contributed by atoms with E-state index in [1.807, 2.05) is 7.05 Å². The van der Waals surface area contributed by atoms with Crippen LogP contribution in [0.1, 0.15) is 12.0 Å². The fourth-order valence-electron chi connectivity index (χ4n) is 1.06. The molecule has 0 saturated carbocycles. The highest BCUT2D eigenvalue weighted by Gasteiger charge is 2.01. The molecule has 0 bridgehead atoms. The van der Waals surface area contributed by atoms with Crippen molar-refractivity contribution in [3.63, 3.8) is 0 Å². The summed E-state index contributed by atoms with van der Waals surface area (Å²) in [5.74, 6) is 0. The Morgan fingerprint density at radius 1 is 1.69 bits per heavy atom. The van der Waals surface area contributed by atoms with Gasteiger partial charge in [-0.1, -0.05) is 0 Å². The van der Waals surface area contributed by atoms with Crippen molar-refractivity contribution in [1.29, 1.82) is 5.26 Å². The van der Waals surface area contributed by atoms with Crippen LogP contribution in [0.4, 0.5) is 0 Å². The third kappa shape index (κ3) is 3.90. The van der Waals surface area contributed by atoms with E-state index in [2.05, 4.69) is 38.3 Å². The zero-order valence-electron chi connectivity index (χ0n) is 7.46. The lowest BCUT2D eigenvalue weighted by molar-refractivity contribution is 0.335. The fraction of sp³-hybridized carbons (Fsp3) is 0.444. The highest BCUT2D eigenvalue weighted by molar-refractivity contribution is 9.11. The number of hydrogen-bond donors (Lipinski definition) is 0. The first-order valence-corrected chi connectivity index (χ1v) is 5.68. The van der Waals surface area contributed by atoms with E-state index in [1.54, 1.807) is 11.3 Å². The van der Waals surface area contributed by atoms with E-state index in [0.29, 0.717) is 6.42 Å². The van der Waals surface area contributed by atoms with Gasteiger partial charge >= 0.3 is 0 Å². The number of nitriles is 1. The molecule has 0 atom stereocenters. The van der Waals surface area contributed by atoms with Crippen molar-refractivity contribution in [2.45, 2.75) is 13.0 Å². The Hall–Kier alpha value is -0.370. The fourth-order valence-corrected chi connectivity index (χ4v) is 2.26. The van der Waals surface area contributed by atoms with Crippen molar-refractivity contribution < 1.29 is 0 Å². The molecule has 13 heavy (non-hydrogen) atoms. The summed E-state index contributed by atoms with van der Waals surface area (Å²) in [5, 5.41) is 10.5. The molecular formula is C9H11BrN2S. The van der Waals surface area contributed by atoms with E-state index in [4.69, 9.17) is 5.26 Å². The van der Waals surface area contributed by atoms with Crippen LogP contribution in [0, 0.1) is 11.3 Å². The summed E-state index contributed by atoms with van der Waals surface area (Å²) in [5.41, 5.74) is 1.30. The summed E-state index contributed by atoms with van der Waals surface area (Å²) in [7, 11) is 2.03. The minimum Gasteiger partial charge on any atom is -0.301 e. The number of thiophene rings is 1. The van der Waals surface area contributed by atoms with Gasteiger partial charge in [0, 0.05) is 19.5 Å². The third-order valence-corrected chi connectivity index (χ3v) is 3.23. The van der Waals surface area contributed by atoms with Gasteiger partial charge in [-0.2, -0.15) is 5.26 Å². The molecule has 0 radical (unpaired) electrons. The van der Waals surface area contributed by atoms with Crippen LogP contribution in [0.25, 0.3) is 0 Å². The Morgan fingerprint density at radius 2 is 2.46 bits per heavy atom. The van der Waals surface area contributed by atoms with Crippen LogP contribution in [-0.4, -0.2) is 18.5 Å². The Bertz CT molecular complexity index is 303. The quantitative estimate of drug-likeness (QED) is 0.831. The molecule has 0 N–H and O–H groups in total. The van der Waals surface area contributed by atoms with Gasteiger partial charge in [0.1, 0.15) is 0 Å². The van der Waals surface area contributed by atoms with Crippen molar-refractivity contribution in [3.05, 3.63) is 20.8 Å². The molecule has 2 nitrogen and oxygen atoms in total. The number of rotatable bonds is 4. The Balaban J connectivity index is 2.37. The molecular weight excluding hydrogens is 248 g/mol. The minimum atomic E-state index is 0.599. The molecule has 1 heterocycles. The summed E-state index contributed by atoms with van der Waals surface area (Å²) in [4.78, 5) is 2.15. The highest BCUT2D eigenvalue weighted by Crippen LogP contribution is 2.21. The predicted molar refractivity (Wildman–Crippen MR) is 58.6 cm³/mol. The van der Waals surface area contributed by atoms with E-state index in [9.17, 15) is 0 Å². The van der Waals surface area contributed by atoms with Crippen LogP contribution in [0.2, 0.25) is 0 Å². The van der Waals surface area contributed by atoms with Gasteiger partial charge in [-0.25, -0.2) is 0 Å². The van der Waals surface area contributed by atoms with Gasteiger partial charge in [-0.3, -0.25) is 0 Å². The zero-order valence-corrected chi connectivity index (χ0v) is 9.86. The second kappa shape index (κ2) is 5.38. The number of nitrogens with zero attached hydrogens (tertiary/aromatic N) is 2. The number of halogens is 1. The summed E-state index contributed by atoms with van der Waals surface area (Å²) < 4.78 is 1.16. The van der Waals surface area contributed by atoms with Crippen LogP contribution in [-0.2, 0) is 6.54 Å². The van der Waals surface area contributed by atoms with E-state index in [-0.39, 0.29) is 0 Å². The second-order valence-electron chi connectivity index (χ2n) is 2.90. The maximum Gasteiger partial charge on any atom is 0.0701 e. The first-order valence-electron chi connectivity index (χ1n) is 4.01. The molecule has 1 rings (SSSR count). The lowest BCUT2D eigenvalue weighted by atomic mass is 10.3. The SMILES string of the molecule is CN(CCC#N)Cc1csc(Br)c1. The molecule has 1 aromatic heterocycles. The predicted octanol–water partition coefficient (Wildman–Crippen LogP) is 2.86. The van der Waals surface area contributed by atoms with Crippen LogP contribution in [0.3, 0.4) is 0 Å². The highest BCUT2D eigenvalue weighted by atomic mass is 79.9. The van der Waals surface area contributed by atoms with Gasteiger partial charge in [0.2, 0.25) is 0 Å². The molecule has 70 valence electrons. The van der Waals surface area contributed by atoms with E-state index in [1.165, 1.54) is 5.56 Å². The van der Waals surface area contributed by atoms with Crippen LogP contribution < -0.4 is 0 Å². The van der Waals surface area contributed by atoms with Gasteiger partial charge in [0.05, 0.1) is 9.86 Å². The monoisotopic (exact) mass is 258 g/mol. The normalized spacial score (nSPS) is 10.3. The van der Waals surface area contributed by atoms with Gasteiger partial charge in [-0.05, 0) is 40.0 Å². The summed E-state index contributed by atoms with van der Waals surface area (Å²) >= 11 is 5.12. The topological polar surface area (TPSA) is 27.0 Å². The maximum absolute atomic E-state index is 8.40. The van der Waals surface area contributed by atoms with Crippen molar-refractivity contribution in [2.75, 3.05) is 13.6 Å². The van der Waals surface area contributed by atoms with E-state index < -0.39 is 0 Å². The first kappa shape index (κ1) is 10.7. The minimum absolute atomic E-state index is 0.599. The van der Waals surface area contributed by atoms with Gasteiger partial charge in [0.15, 0.2) is 0 Å². The van der Waals surface area contributed by atoms with Crippen LogP contribution in [0.15, 0.2) is 15.2 Å². The summed E-state index contributed by atoms with van der Waals surface area (Å²) in [6.45, 7) is 1.76. The molecule has 0 aliphatic carbocycles. The standard InChI is InChI=1S/C9H11BrN2S/c1-12(4-2-3-11)6-8-5-9(10)13-7-8/h5,7H,2,4,6H2,1H3. The molecule has 0 fully saturated rings. The lowest BCUT2D eigenvalue weighted by Gasteiger charge is -2.12. The van der Waals surface area contributed by atoms with Crippen molar-refractivity contribution >= 4 is 27.3 Å². The molecule has 0 aliphatic heterocycles. The molecule has 0 unspecified atom stereocenters. The van der Waals surface area contributed by atoms with Crippen molar-refractivity contribution in [3.8, 4) is 6.07 Å². The van der Waals surface area contributed by atoms with Crippen LogP contribution >= 0.6 is 27.3 Å². The first-order chi connectivity index (χ1) is 6.22. The summed E-state index contributed by atoms with van der Waals surface area (Å²) in [6.07, 6.45) is 0.599. The van der Waals surface area contributed by atoms with Crippen LogP contribution in [0.5, 0.6) is 0 Å². The smallest absolute Gasteiger partial charge is 0.0701 e. The zero-order chi connectivity index (χ0) is 9.68. The average molecular weight is 259 g/mol. The molecule has 1 aromatic rings. The molecule has 0 saturated heterocycles. The Morgan fingerprint density at radius 3 is 3.00 bits per heavy atom. The van der Waals surface area contributed by atoms with E-state index >= 15 is 0 Å². The Kier molecular flexibility index (Phi) is 4.43. The van der Waals surface area contributed by atoms with Crippen molar-refractivity contribution in [1.82, 2.24) is 4.90 Å². The largest absolute Gasteiger partial charge is 0.301 e. The Labute approximate surface area is 90.9 Å². The van der Waals surface area contributed by atoms with Gasteiger partial charge in [0.25, 0.3) is 0 Å². The average Bonchev–Trinajstić information content (AvgIpc) is 2.48.